The Hall–Kier alpha value is -0.650. The molecule has 0 amide bonds. The third-order valence-corrected chi connectivity index (χ3v) is 3.89. The Labute approximate surface area is 114 Å². The first-order chi connectivity index (χ1) is 8.62. The predicted molar refractivity (Wildman–Crippen MR) is 78.3 cm³/mol. The van der Waals surface area contributed by atoms with Gasteiger partial charge in [-0.3, -0.25) is 0 Å². The second-order valence-corrected chi connectivity index (χ2v) is 5.82. The molecular formula is C13H25N3OS. The van der Waals surface area contributed by atoms with Gasteiger partial charge in [-0.05, 0) is 12.3 Å². The average molecular weight is 271 g/mol. The van der Waals surface area contributed by atoms with Crippen LogP contribution in [0.5, 0.6) is 0 Å². The van der Waals surface area contributed by atoms with Gasteiger partial charge in [-0.15, -0.1) is 11.3 Å². The van der Waals surface area contributed by atoms with Gasteiger partial charge in [0.1, 0.15) is 0 Å². The molecule has 0 saturated carbocycles. The SMILES string of the molecule is CCc1nc(N(CCOC)CC(C)C)sc1CN. The Bertz CT molecular complexity index is 331. The first kappa shape index (κ1) is 15.4. The van der Waals surface area contributed by atoms with Crippen LogP contribution >= 0.6 is 11.3 Å². The van der Waals surface area contributed by atoms with Crippen molar-refractivity contribution >= 4 is 16.5 Å². The molecule has 0 atom stereocenters. The number of anilines is 1. The molecule has 1 aromatic heterocycles. The summed E-state index contributed by atoms with van der Waals surface area (Å²) in [7, 11) is 1.73. The normalized spacial score (nSPS) is 11.2. The van der Waals surface area contributed by atoms with E-state index in [2.05, 4.69) is 25.7 Å². The fourth-order valence-electron chi connectivity index (χ4n) is 1.85. The van der Waals surface area contributed by atoms with E-state index >= 15 is 0 Å². The van der Waals surface area contributed by atoms with Gasteiger partial charge in [0, 0.05) is 31.6 Å². The molecule has 0 aliphatic heterocycles. The number of ether oxygens (including phenoxy) is 1. The third-order valence-electron chi connectivity index (χ3n) is 2.71. The smallest absolute Gasteiger partial charge is 0.185 e. The summed E-state index contributed by atoms with van der Waals surface area (Å²) in [5.41, 5.74) is 6.91. The molecular weight excluding hydrogens is 246 g/mol. The highest BCUT2D eigenvalue weighted by molar-refractivity contribution is 7.15. The molecule has 1 heterocycles. The highest BCUT2D eigenvalue weighted by Crippen LogP contribution is 2.27. The second-order valence-electron chi connectivity index (χ2n) is 4.76. The van der Waals surface area contributed by atoms with Crippen LogP contribution in [0.15, 0.2) is 0 Å². The fourth-order valence-corrected chi connectivity index (χ4v) is 2.91. The number of methoxy groups -OCH3 is 1. The highest BCUT2D eigenvalue weighted by Gasteiger charge is 2.15. The van der Waals surface area contributed by atoms with Gasteiger partial charge >= 0.3 is 0 Å². The number of nitrogens with zero attached hydrogens (tertiary/aromatic N) is 2. The number of thiazole rings is 1. The Kier molecular flexibility index (Phi) is 6.60. The standard InChI is InChI=1S/C13H25N3OS/c1-5-11-12(8-14)18-13(15-11)16(6-7-17-4)9-10(2)3/h10H,5-9,14H2,1-4H3. The lowest BCUT2D eigenvalue weighted by atomic mass is 10.2. The van der Waals surface area contributed by atoms with Gasteiger partial charge in [0.25, 0.3) is 0 Å². The largest absolute Gasteiger partial charge is 0.383 e. The minimum absolute atomic E-state index is 0.584. The number of nitrogens with two attached hydrogens (primary N) is 1. The van der Waals surface area contributed by atoms with Crippen LogP contribution in [0.25, 0.3) is 0 Å². The summed E-state index contributed by atoms with van der Waals surface area (Å²) in [5, 5.41) is 1.08. The summed E-state index contributed by atoms with van der Waals surface area (Å²) in [6.45, 7) is 9.77. The Morgan fingerprint density at radius 2 is 2.17 bits per heavy atom. The van der Waals surface area contributed by atoms with Crippen molar-refractivity contribution in [2.75, 3.05) is 31.7 Å². The Balaban J connectivity index is 2.85. The van der Waals surface area contributed by atoms with Crippen LogP contribution in [0.4, 0.5) is 5.13 Å². The van der Waals surface area contributed by atoms with E-state index in [1.807, 2.05) is 0 Å². The summed E-state index contributed by atoms with van der Waals surface area (Å²) >= 11 is 1.72. The number of aromatic nitrogens is 1. The van der Waals surface area contributed by atoms with Crippen molar-refractivity contribution in [2.45, 2.75) is 33.7 Å². The van der Waals surface area contributed by atoms with Gasteiger partial charge in [-0.2, -0.15) is 0 Å². The summed E-state index contributed by atoms with van der Waals surface area (Å²) in [4.78, 5) is 8.22. The van der Waals surface area contributed by atoms with Crippen molar-refractivity contribution in [3.63, 3.8) is 0 Å². The van der Waals surface area contributed by atoms with Crippen molar-refractivity contribution in [1.29, 1.82) is 0 Å². The van der Waals surface area contributed by atoms with Gasteiger partial charge in [0.15, 0.2) is 5.13 Å². The molecule has 0 bridgehead atoms. The first-order valence-electron chi connectivity index (χ1n) is 6.54. The maximum Gasteiger partial charge on any atom is 0.185 e. The van der Waals surface area contributed by atoms with Crippen molar-refractivity contribution in [2.24, 2.45) is 11.7 Å². The minimum atomic E-state index is 0.584. The zero-order chi connectivity index (χ0) is 13.5. The predicted octanol–water partition coefficient (Wildman–Crippen LogP) is 2.27. The molecule has 0 aliphatic rings. The molecule has 0 aliphatic carbocycles. The van der Waals surface area contributed by atoms with Crippen molar-refractivity contribution in [3.05, 3.63) is 10.6 Å². The number of hydrogen-bond donors (Lipinski definition) is 1. The Morgan fingerprint density at radius 3 is 2.61 bits per heavy atom. The molecule has 0 saturated heterocycles. The summed E-state index contributed by atoms with van der Waals surface area (Å²) in [6.07, 6.45) is 0.947. The van der Waals surface area contributed by atoms with Crippen LogP contribution in [-0.4, -0.2) is 31.8 Å². The lowest BCUT2D eigenvalue weighted by Crippen LogP contribution is -2.30. The number of rotatable bonds is 8. The van der Waals surface area contributed by atoms with Crippen LogP contribution in [-0.2, 0) is 17.7 Å². The maximum absolute atomic E-state index is 5.77. The molecule has 104 valence electrons. The van der Waals surface area contributed by atoms with Crippen molar-refractivity contribution < 1.29 is 4.74 Å². The van der Waals surface area contributed by atoms with Gasteiger partial charge < -0.3 is 15.4 Å². The molecule has 0 fully saturated rings. The average Bonchev–Trinajstić information content (AvgIpc) is 2.77. The van der Waals surface area contributed by atoms with Crippen LogP contribution in [0.1, 0.15) is 31.3 Å². The van der Waals surface area contributed by atoms with Crippen LogP contribution in [0.2, 0.25) is 0 Å². The van der Waals surface area contributed by atoms with E-state index in [0.717, 1.165) is 36.9 Å². The topological polar surface area (TPSA) is 51.4 Å². The quantitative estimate of drug-likeness (QED) is 0.788. The first-order valence-corrected chi connectivity index (χ1v) is 7.36. The lowest BCUT2D eigenvalue weighted by molar-refractivity contribution is 0.204. The molecule has 1 aromatic rings. The summed E-state index contributed by atoms with van der Waals surface area (Å²) in [6, 6.07) is 0. The molecule has 0 unspecified atom stereocenters. The van der Waals surface area contributed by atoms with Gasteiger partial charge in [-0.25, -0.2) is 4.98 Å². The van der Waals surface area contributed by atoms with Crippen LogP contribution < -0.4 is 10.6 Å². The highest BCUT2D eigenvalue weighted by atomic mass is 32.1. The van der Waals surface area contributed by atoms with E-state index in [1.165, 1.54) is 4.88 Å². The van der Waals surface area contributed by atoms with E-state index in [-0.39, 0.29) is 0 Å². The fraction of sp³-hybridized carbons (Fsp3) is 0.769. The molecule has 18 heavy (non-hydrogen) atoms. The molecule has 0 radical (unpaired) electrons. The van der Waals surface area contributed by atoms with E-state index in [4.69, 9.17) is 15.5 Å². The summed E-state index contributed by atoms with van der Waals surface area (Å²) < 4.78 is 5.18. The van der Waals surface area contributed by atoms with E-state index < -0.39 is 0 Å². The lowest BCUT2D eigenvalue weighted by Gasteiger charge is -2.23. The van der Waals surface area contributed by atoms with Crippen LogP contribution in [0.3, 0.4) is 0 Å². The third kappa shape index (κ3) is 4.23. The van der Waals surface area contributed by atoms with Gasteiger partial charge in [-0.1, -0.05) is 20.8 Å². The van der Waals surface area contributed by atoms with Crippen molar-refractivity contribution in [1.82, 2.24) is 4.98 Å². The maximum atomic E-state index is 5.77. The Morgan fingerprint density at radius 1 is 1.44 bits per heavy atom. The molecule has 2 N–H and O–H groups in total. The van der Waals surface area contributed by atoms with E-state index in [1.54, 1.807) is 18.4 Å². The van der Waals surface area contributed by atoms with Gasteiger partial charge in [0.05, 0.1) is 12.3 Å². The van der Waals surface area contributed by atoms with Crippen LogP contribution in [0, 0.1) is 5.92 Å². The molecule has 4 nitrogen and oxygen atoms in total. The molecule has 0 aromatic carbocycles. The van der Waals surface area contributed by atoms with Gasteiger partial charge in [0.2, 0.25) is 0 Å². The molecule has 0 spiro atoms. The zero-order valence-electron chi connectivity index (χ0n) is 11.9. The monoisotopic (exact) mass is 271 g/mol. The number of aryl methyl sites for hydroxylation is 1. The number of hydrogen-bond acceptors (Lipinski definition) is 5. The van der Waals surface area contributed by atoms with E-state index in [0.29, 0.717) is 12.5 Å². The minimum Gasteiger partial charge on any atom is -0.383 e. The van der Waals surface area contributed by atoms with Crippen molar-refractivity contribution in [3.8, 4) is 0 Å². The molecule has 5 heteroatoms. The summed E-state index contributed by atoms with van der Waals surface area (Å²) in [5.74, 6) is 0.608. The second kappa shape index (κ2) is 7.71. The van der Waals surface area contributed by atoms with E-state index in [9.17, 15) is 0 Å². The molecule has 1 rings (SSSR count). The zero-order valence-corrected chi connectivity index (χ0v) is 12.7.